The molecule has 8 heteroatoms. The number of unbranched alkanes of at least 4 members (excludes halogenated alkanes) is 1. The smallest absolute Gasteiger partial charge is 0.283 e. The van der Waals surface area contributed by atoms with Crippen LogP contribution < -0.4 is 10.9 Å². The summed E-state index contributed by atoms with van der Waals surface area (Å²) in [7, 11) is 0. The summed E-state index contributed by atoms with van der Waals surface area (Å²) >= 11 is 3.35. The number of anilines is 1. The molecule has 0 aliphatic heterocycles. The molecule has 0 saturated carbocycles. The van der Waals surface area contributed by atoms with Crippen molar-refractivity contribution in [2.45, 2.75) is 39.3 Å². The van der Waals surface area contributed by atoms with E-state index in [9.17, 15) is 4.79 Å². The van der Waals surface area contributed by atoms with Crippen LogP contribution in [0.1, 0.15) is 26.2 Å². The van der Waals surface area contributed by atoms with Crippen molar-refractivity contribution in [3.05, 3.63) is 33.4 Å². The van der Waals surface area contributed by atoms with Gasteiger partial charge in [-0.05, 0) is 28.8 Å². The summed E-state index contributed by atoms with van der Waals surface area (Å²) in [5.74, 6) is 0. The van der Waals surface area contributed by atoms with Gasteiger partial charge in [-0.1, -0.05) is 18.6 Å². The van der Waals surface area contributed by atoms with Crippen LogP contribution in [0.2, 0.25) is 0 Å². The van der Waals surface area contributed by atoms with E-state index in [1.165, 1.54) is 4.68 Å². The normalized spacial score (nSPS) is 10.8. The third kappa shape index (κ3) is 4.38. The third-order valence-electron chi connectivity index (χ3n) is 3.06. The fourth-order valence-electron chi connectivity index (χ4n) is 1.87. The van der Waals surface area contributed by atoms with Gasteiger partial charge in [0, 0.05) is 25.8 Å². The molecule has 0 aromatic carbocycles. The van der Waals surface area contributed by atoms with E-state index in [-0.39, 0.29) is 5.56 Å². The second kappa shape index (κ2) is 7.92. The van der Waals surface area contributed by atoms with E-state index in [1.807, 2.05) is 6.20 Å². The number of rotatable bonds is 8. The van der Waals surface area contributed by atoms with Gasteiger partial charge in [-0.15, -0.1) is 5.10 Å². The molecule has 2 aromatic heterocycles. The van der Waals surface area contributed by atoms with E-state index in [0.717, 1.165) is 38.0 Å². The molecule has 0 radical (unpaired) electrons. The fraction of sp³-hybridized carbons (Fsp3) is 0.538. The number of aryl methyl sites for hydroxylation is 2. The standard InChI is InChI=1S/C13H19BrN6O/c1-2-3-8-20-13(21)12(14)11(10-17-20)15-5-4-7-19-9-6-16-18-19/h6,9-10,15H,2-5,7-8H2,1H3. The summed E-state index contributed by atoms with van der Waals surface area (Å²) in [6.07, 6.45) is 8.04. The Hall–Kier alpha value is -1.70. The molecular weight excluding hydrogens is 336 g/mol. The van der Waals surface area contributed by atoms with Gasteiger partial charge in [0.2, 0.25) is 0 Å². The SMILES string of the molecule is CCCCn1ncc(NCCCn2ccnn2)c(Br)c1=O. The zero-order valence-electron chi connectivity index (χ0n) is 12.0. The molecule has 2 rings (SSSR count). The first-order chi connectivity index (χ1) is 10.2. The van der Waals surface area contributed by atoms with E-state index in [1.54, 1.807) is 17.1 Å². The fourth-order valence-corrected chi connectivity index (χ4v) is 2.32. The first kappa shape index (κ1) is 15.7. The average molecular weight is 355 g/mol. The van der Waals surface area contributed by atoms with Gasteiger partial charge in [0.05, 0.1) is 18.1 Å². The molecule has 0 fully saturated rings. The van der Waals surface area contributed by atoms with E-state index in [2.05, 4.69) is 43.6 Å². The lowest BCUT2D eigenvalue weighted by Crippen LogP contribution is -2.24. The molecule has 2 heterocycles. The van der Waals surface area contributed by atoms with Gasteiger partial charge < -0.3 is 5.32 Å². The average Bonchev–Trinajstić information content (AvgIpc) is 3.00. The van der Waals surface area contributed by atoms with Crippen LogP contribution >= 0.6 is 15.9 Å². The number of halogens is 1. The number of nitrogens with one attached hydrogen (secondary N) is 1. The zero-order valence-corrected chi connectivity index (χ0v) is 13.6. The minimum absolute atomic E-state index is 0.0928. The molecule has 2 aromatic rings. The van der Waals surface area contributed by atoms with E-state index < -0.39 is 0 Å². The van der Waals surface area contributed by atoms with Crippen molar-refractivity contribution in [3.8, 4) is 0 Å². The predicted molar refractivity (Wildman–Crippen MR) is 84.2 cm³/mol. The number of nitrogens with zero attached hydrogens (tertiary/aromatic N) is 5. The van der Waals surface area contributed by atoms with Crippen LogP contribution in [-0.2, 0) is 13.1 Å². The number of hydrogen-bond donors (Lipinski definition) is 1. The Morgan fingerprint density at radius 3 is 2.90 bits per heavy atom. The Kier molecular flexibility index (Phi) is 5.91. The van der Waals surface area contributed by atoms with Crippen molar-refractivity contribution in [2.24, 2.45) is 0 Å². The summed E-state index contributed by atoms with van der Waals surface area (Å²) in [6, 6.07) is 0. The highest BCUT2D eigenvalue weighted by molar-refractivity contribution is 9.10. The minimum atomic E-state index is -0.0928. The van der Waals surface area contributed by atoms with Crippen LogP contribution in [0.4, 0.5) is 5.69 Å². The minimum Gasteiger partial charge on any atom is -0.383 e. The maximum Gasteiger partial charge on any atom is 0.283 e. The second-order valence-corrected chi connectivity index (χ2v) is 5.49. The molecule has 21 heavy (non-hydrogen) atoms. The maximum absolute atomic E-state index is 12.1. The summed E-state index contributed by atoms with van der Waals surface area (Å²) < 4.78 is 3.81. The monoisotopic (exact) mass is 354 g/mol. The zero-order chi connectivity index (χ0) is 15.1. The molecule has 0 atom stereocenters. The van der Waals surface area contributed by atoms with Gasteiger partial charge in [0.25, 0.3) is 5.56 Å². The van der Waals surface area contributed by atoms with Gasteiger partial charge >= 0.3 is 0 Å². The summed E-state index contributed by atoms with van der Waals surface area (Å²) in [5.41, 5.74) is 0.635. The summed E-state index contributed by atoms with van der Waals surface area (Å²) in [5, 5.41) is 15.1. The topological polar surface area (TPSA) is 77.6 Å². The maximum atomic E-state index is 12.1. The molecule has 0 amide bonds. The molecule has 0 aliphatic rings. The van der Waals surface area contributed by atoms with Crippen LogP contribution in [0.15, 0.2) is 27.9 Å². The highest BCUT2D eigenvalue weighted by Gasteiger charge is 2.08. The molecule has 0 aliphatic carbocycles. The lowest BCUT2D eigenvalue weighted by Gasteiger charge is -2.10. The number of hydrogen-bond acceptors (Lipinski definition) is 5. The Bertz CT molecular complexity index is 610. The van der Waals surface area contributed by atoms with E-state index in [4.69, 9.17) is 0 Å². The van der Waals surface area contributed by atoms with Crippen molar-refractivity contribution in [1.82, 2.24) is 24.8 Å². The molecular formula is C13H19BrN6O. The van der Waals surface area contributed by atoms with Crippen molar-refractivity contribution in [1.29, 1.82) is 0 Å². The molecule has 0 bridgehead atoms. The van der Waals surface area contributed by atoms with Crippen LogP contribution in [0, 0.1) is 0 Å². The molecule has 7 nitrogen and oxygen atoms in total. The Balaban J connectivity index is 1.88. The van der Waals surface area contributed by atoms with Crippen LogP contribution in [0.5, 0.6) is 0 Å². The van der Waals surface area contributed by atoms with Crippen LogP contribution in [-0.4, -0.2) is 31.3 Å². The Labute approximate surface area is 131 Å². The van der Waals surface area contributed by atoms with E-state index >= 15 is 0 Å². The van der Waals surface area contributed by atoms with Gasteiger partial charge in [0.1, 0.15) is 4.47 Å². The first-order valence-corrected chi connectivity index (χ1v) is 7.85. The third-order valence-corrected chi connectivity index (χ3v) is 3.83. The molecule has 114 valence electrons. The first-order valence-electron chi connectivity index (χ1n) is 7.06. The summed E-state index contributed by atoms with van der Waals surface area (Å²) in [4.78, 5) is 12.1. The van der Waals surface area contributed by atoms with Gasteiger partial charge in [-0.2, -0.15) is 5.10 Å². The second-order valence-electron chi connectivity index (χ2n) is 4.70. The van der Waals surface area contributed by atoms with Gasteiger partial charge in [-0.25, -0.2) is 4.68 Å². The van der Waals surface area contributed by atoms with Gasteiger partial charge in [-0.3, -0.25) is 9.48 Å². The Morgan fingerprint density at radius 2 is 2.19 bits per heavy atom. The highest BCUT2D eigenvalue weighted by Crippen LogP contribution is 2.16. The Morgan fingerprint density at radius 1 is 1.33 bits per heavy atom. The molecule has 1 N–H and O–H groups in total. The molecule has 0 spiro atoms. The largest absolute Gasteiger partial charge is 0.383 e. The summed E-state index contributed by atoms with van der Waals surface area (Å²) in [6.45, 7) is 4.26. The quantitative estimate of drug-likeness (QED) is 0.732. The van der Waals surface area contributed by atoms with E-state index in [0.29, 0.717) is 11.0 Å². The van der Waals surface area contributed by atoms with Crippen LogP contribution in [0.3, 0.4) is 0 Å². The van der Waals surface area contributed by atoms with Crippen molar-refractivity contribution in [3.63, 3.8) is 0 Å². The lowest BCUT2D eigenvalue weighted by molar-refractivity contribution is 0.540. The van der Waals surface area contributed by atoms with Gasteiger partial charge in [0.15, 0.2) is 0 Å². The molecule has 0 unspecified atom stereocenters. The van der Waals surface area contributed by atoms with Crippen molar-refractivity contribution < 1.29 is 0 Å². The lowest BCUT2D eigenvalue weighted by atomic mass is 10.3. The highest BCUT2D eigenvalue weighted by atomic mass is 79.9. The van der Waals surface area contributed by atoms with Crippen LogP contribution in [0.25, 0.3) is 0 Å². The number of aromatic nitrogens is 5. The van der Waals surface area contributed by atoms with Crippen molar-refractivity contribution in [2.75, 3.05) is 11.9 Å². The predicted octanol–water partition coefficient (Wildman–Crippen LogP) is 1.90. The molecule has 0 saturated heterocycles. The van der Waals surface area contributed by atoms with Crippen molar-refractivity contribution >= 4 is 21.6 Å².